The Morgan fingerprint density at radius 2 is 1.41 bits per heavy atom. The number of hydrogen-bond donors (Lipinski definition) is 0. The molecule has 0 N–H and O–H groups in total. The fourth-order valence-electron chi connectivity index (χ4n) is 3.05. The maximum Gasteiger partial charge on any atom is 0.301 e. The summed E-state index contributed by atoms with van der Waals surface area (Å²) >= 11 is 0. The number of benzene rings is 2. The van der Waals surface area contributed by atoms with Crippen LogP contribution in [0.2, 0.25) is 0 Å². The van der Waals surface area contributed by atoms with E-state index in [0.29, 0.717) is 0 Å². The van der Waals surface area contributed by atoms with E-state index in [9.17, 15) is 8.78 Å². The Balaban J connectivity index is 1.77. The predicted molar refractivity (Wildman–Crippen MR) is 96.3 cm³/mol. The van der Waals surface area contributed by atoms with Gasteiger partial charge < -0.3 is 18.9 Å². The molecule has 4 unspecified atom stereocenters. The normalized spacial score (nSPS) is 27.4. The van der Waals surface area contributed by atoms with Crippen LogP contribution >= 0.6 is 0 Å². The molecule has 0 aliphatic carbocycles. The first-order valence-corrected chi connectivity index (χ1v) is 8.89. The topological polar surface area (TPSA) is 36.9 Å². The van der Waals surface area contributed by atoms with Crippen molar-refractivity contribution in [1.82, 2.24) is 0 Å². The van der Waals surface area contributed by atoms with Gasteiger partial charge in [0.15, 0.2) is 12.4 Å². The second-order valence-corrected chi connectivity index (χ2v) is 6.54. The SMILES string of the molecule is COC1OC(C)C(F)(F)C(OCc2ccccc2)C1OCc1ccccc1. The third kappa shape index (κ3) is 4.71. The zero-order chi connectivity index (χ0) is 19.3. The summed E-state index contributed by atoms with van der Waals surface area (Å²) in [5.74, 6) is -3.22. The predicted octanol–water partition coefficient (Wildman–Crippen LogP) is 4.18. The van der Waals surface area contributed by atoms with Crippen LogP contribution < -0.4 is 0 Å². The summed E-state index contributed by atoms with van der Waals surface area (Å²) < 4.78 is 51.8. The van der Waals surface area contributed by atoms with Gasteiger partial charge >= 0.3 is 5.92 Å². The van der Waals surface area contributed by atoms with Crippen molar-refractivity contribution in [1.29, 1.82) is 0 Å². The van der Waals surface area contributed by atoms with E-state index in [1.165, 1.54) is 14.0 Å². The molecule has 27 heavy (non-hydrogen) atoms. The Labute approximate surface area is 158 Å². The maximum absolute atomic E-state index is 14.9. The molecule has 0 spiro atoms. The summed E-state index contributed by atoms with van der Waals surface area (Å²) in [5.41, 5.74) is 1.68. The van der Waals surface area contributed by atoms with Crippen LogP contribution in [-0.2, 0) is 32.2 Å². The van der Waals surface area contributed by atoms with Gasteiger partial charge in [-0.25, -0.2) is 8.78 Å². The standard InChI is InChI=1S/C21H24F2O4/c1-15-21(22,23)19(26-14-17-11-7-4-8-12-17)18(20(24-2)27-15)25-13-16-9-5-3-6-10-16/h3-12,15,18-20H,13-14H2,1-2H3. The summed E-state index contributed by atoms with van der Waals surface area (Å²) in [7, 11) is 1.41. The number of alkyl halides is 2. The van der Waals surface area contributed by atoms with Gasteiger partial charge in [0.25, 0.3) is 0 Å². The quantitative estimate of drug-likeness (QED) is 0.724. The van der Waals surface area contributed by atoms with E-state index >= 15 is 0 Å². The molecule has 1 heterocycles. The van der Waals surface area contributed by atoms with Gasteiger partial charge in [0.1, 0.15) is 12.2 Å². The molecule has 1 fully saturated rings. The van der Waals surface area contributed by atoms with Crippen LogP contribution in [0.4, 0.5) is 8.78 Å². The van der Waals surface area contributed by atoms with Gasteiger partial charge in [-0.1, -0.05) is 60.7 Å². The van der Waals surface area contributed by atoms with Crippen LogP contribution in [0.25, 0.3) is 0 Å². The zero-order valence-electron chi connectivity index (χ0n) is 15.4. The molecule has 0 radical (unpaired) electrons. The van der Waals surface area contributed by atoms with Crippen LogP contribution in [0.3, 0.4) is 0 Å². The Bertz CT molecular complexity index is 696. The van der Waals surface area contributed by atoms with E-state index in [-0.39, 0.29) is 13.2 Å². The van der Waals surface area contributed by atoms with E-state index < -0.39 is 30.5 Å². The van der Waals surface area contributed by atoms with E-state index in [1.54, 1.807) is 0 Å². The number of rotatable bonds is 7. The Kier molecular flexibility index (Phi) is 6.55. The number of hydrogen-bond acceptors (Lipinski definition) is 4. The molecule has 6 heteroatoms. The van der Waals surface area contributed by atoms with Crippen LogP contribution in [-0.4, -0.2) is 37.6 Å². The van der Waals surface area contributed by atoms with Gasteiger partial charge in [0.2, 0.25) is 0 Å². The minimum atomic E-state index is -3.22. The van der Waals surface area contributed by atoms with Crippen molar-refractivity contribution in [2.24, 2.45) is 0 Å². The van der Waals surface area contributed by atoms with Crippen molar-refractivity contribution in [2.75, 3.05) is 7.11 Å². The Morgan fingerprint density at radius 1 is 0.889 bits per heavy atom. The molecule has 2 aromatic rings. The van der Waals surface area contributed by atoms with E-state index in [0.717, 1.165) is 11.1 Å². The lowest BCUT2D eigenvalue weighted by Gasteiger charge is -2.44. The van der Waals surface area contributed by atoms with Gasteiger partial charge in [-0.05, 0) is 18.1 Å². The van der Waals surface area contributed by atoms with Crippen LogP contribution in [0, 0.1) is 0 Å². The third-order valence-electron chi connectivity index (χ3n) is 4.62. The first kappa shape index (κ1) is 19.9. The lowest BCUT2D eigenvalue weighted by atomic mass is 9.98. The number of methoxy groups -OCH3 is 1. The molecular weight excluding hydrogens is 354 g/mol. The van der Waals surface area contributed by atoms with Crippen LogP contribution in [0.15, 0.2) is 60.7 Å². The zero-order valence-corrected chi connectivity index (χ0v) is 15.4. The molecule has 3 rings (SSSR count). The average Bonchev–Trinajstić information content (AvgIpc) is 2.69. The van der Waals surface area contributed by atoms with Crippen molar-refractivity contribution < 1.29 is 27.7 Å². The van der Waals surface area contributed by atoms with Crippen LogP contribution in [0.1, 0.15) is 18.1 Å². The number of ether oxygens (including phenoxy) is 4. The highest BCUT2D eigenvalue weighted by Crippen LogP contribution is 2.38. The van der Waals surface area contributed by atoms with Gasteiger partial charge in [0, 0.05) is 7.11 Å². The van der Waals surface area contributed by atoms with Gasteiger partial charge in [-0.3, -0.25) is 0 Å². The first-order valence-electron chi connectivity index (χ1n) is 8.89. The molecule has 2 aromatic carbocycles. The lowest BCUT2D eigenvalue weighted by Crippen LogP contribution is -2.62. The summed E-state index contributed by atoms with van der Waals surface area (Å²) in [6, 6.07) is 18.5. The number of halogens is 2. The highest BCUT2D eigenvalue weighted by Gasteiger charge is 2.58. The molecule has 1 saturated heterocycles. The molecule has 1 aliphatic heterocycles. The fraction of sp³-hybridized carbons (Fsp3) is 0.429. The molecule has 0 aromatic heterocycles. The average molecular weight is 378 g/mol. The highest BCUT2D eigenvalue weighted by atomic mass is 19.3. The largest absolute Gasteiger partial charge is 0.365 e. The maximum atomic E-state index is 14.9. The van der Waals surface area contributed by atoms with E-state index in [4.69, 9.17) is 18.9 Å². The van der Waals surface area contributed by atoms with Crippen LogP contribution in [0.5, 0.6) is 0 Å². The first-order chi connectivity index (χ1) is 13.0. The van der Waals surface area contributed by atoms with E-state index in [2.05, 4.69) is 0 Å². The smallest absolute Gasteiger partial charge is 0.301 e. The van der Waals surface area contributed by atoms with Crippen molar-refractivity contribution in [2.45, 2.75) is 50.7 Å². The molecule has 0 bridgehead atoms. The summed E-state index contributed by atoms with van der Waals surface area (Å²) in [6.07, 6.45) is -4.84. The molecule has 4 nitrogen and oxygen atoms in total. The van der Waals surface area contributed by atoms with E-state index in [1.807, 2.05) is 60.7 Å². The third-order valence-corrected chi connectivity index (χ3v) is 4.62. The molecule has 4 atom stereocenters. The van der Waals surface area contributed by atoms with Crippen molar-refractivity contribution in [3.05, 3.63) is 71.8 Å². The van der Waals surface area contributed by atoms with Gasteiger partial charge in [-0.2, -0.15) is 0 Å². The summed E-state index contributed by atoms with van der Waals surface area (Å²) in [4.78, 5) is 0. The fourth-order valence-corrected chi connectivity index (χ4v) is 3.05. The monoisotopic (exact) mass is 378 g/mol. The van der Waals surface area contributed by atoms with Crippen molar-refractivity contribution in [3.8, 4) is 0 Å². The molecule has 0 amide bonds. The van der Waals surface area contributed by atoms with Gasteiger partial charge in [0.05, 0.1) is 13.2 Å². The molecular formula is C21H24F2O4. The Morgan fingerprint density at radius 3 is 1.93 bits per heavy atom. The summed E-state index contributed by atoms with van der Waals surface area (Å²) in [6.45, 7) is 1.53. The second-order valence-electron chi connectivity index (χ2n) is 6.54. The molecule has 146 valence electrons. The van der Waals surface area contributed by atoms with Crippen molar-refractivity contribution in [3.63, 3.8) is 0 Å². The summed E-state index contributed by atoms with van der Waals surface area (Å²) in [5, 5.41) is 0. The highest BCUT2D eigenvalue weighted by molar-refractivity contribution is 5.14. The molecule has 1 aliphatic rings. The lowest BCUT2D eigenvalue weighted by molar-refractivity contribution is -0.349. The Hall–Kier alpha value is -1.86. The van der Waals surface area contributed by atoms with Crippen molar-refractivity contribution >= 4 is 0 Å². The van der Waals surface area contributed by atoms with Gasteiger partial charge in [-0.15, -0.1) is 0 Å². The minimum Gasteiger partial charge on any atom is -0.365 e. The second kappa shape index (κ2) is 8.89. The minimum absolute atomic E-state index is 0.0510. The molecule has 0 saturated carbocycles.